The highest BCUT2D eigenvalue weighted by Gasteiger charge is 2.27. The molecule has 2 aromatic carbocycles. The van der Waals surface area contributed by atoms with Gasteiger partial charge in [-0.05, 0) is 31.0 Å². The first-order valence-corrected chi connectivity index (χ1v) is 11.2. The smallest absolute Gasteiger partial charge is 0.293 e. The van der Waals surface area contributed by atoms with E-state index < -0.39 is 0 Å². The second-order valence-electron chi connectivity index (χ2n) is 8.45. The highest BCUT2D eigenvalue weighted by molar-refractivity contribution is 5.96. The van der Waals surface area contributed by atoms with E-state index in [1.54, 1.807) is 17.0 Å². The van der Waals surface area contributed by atoms with Crippen molar-refractivity contribution in [3.05, 3.63) is 69.8 Å². The van der Waals surface area contributed by atoms with Crippen LogP contribution in [0, 0.1) is 10.1 Å². The molecule has 4 rings (SSSR count). The van der Waals surface area contributed by atoms with Gasteiger partial charge in [0.25, 0.3) is 11.6 Å². The molecule has 0 spiro atoms. The molecule has 170 valence electrons. The zero-order chi connectivity index (χ0) is 22.5. The average molecular weight is 439 g/mol. The van der Waals surface area contributed by atoms with E-state index in [9.17, 15) is 14.9 Å². The van der Waals surface area contributed by atoms with Gasteiger partial charge in [-0.2, -0.15) is 0 Å². The third kappa shape index (κ3) is 5.08. The Kier molecular flexibility index (Phi) is 7.02. The average Bonchev–Trinajstić information content (AvgIpc) is 3.01. The first-order chi connectivity index (χ1) is 15.5. The van der Waals surface area contributed by atoms with Crippen molar-refractivity contribution in [2.75, 3.05) is 50.8 Å². The van der Waals surface area contributed by atoms with Crippen LogP contribution in [0.4, 0.5) is 11.4 Å². The third-order valence-electron chi connectivity index (χ3n) is 6.38. The molecule has 0 N–H and O–H groups in total. The number of nitro benzene ring substituents is 1. The number of nitrogens with zero attached hydrogens (tertiary/aromatic N) is 4. The SMILES string of the molecule is CC1CCN(c2ccc(C(=O)N3CCOCC3)cc2[N+](=O)[O-])CCN1Cc1ccccc1. The summed E-state index contributed by atoms with van der Waals surface area (Å²) in [7, 11) is 0. The summed E-state index contributed by atoms with van der Waals surface area (Å²) in [5.41, 5.74) is 2.21. The normalized spacial score (nSPS) is 20.1. The fourth-order valence-electron chi connectivity index (χ4n) is 4.42. The zero-order valence-corrected chi connectivity index (χ0v) is 18.5. The van der Waals surface area contributed by atoms with Crippen LogP contribution in [0.1, 0.15) is 29.3 Å². The van der Waals surface area contributed by atoms with Crippen LogP contribution >= 0.6 is 0 Å². The molecule has 0 radical (unpaired) electrons. The van der Waals surface area contributed by atoms with Crippen LogP contribution in [0.25, 0.3) is 0 Å². The second-order valence-corrected chi connectivity index (χ2v) is 8.45. The summed E-state index contributed by atoms with van der Waals surface area (Å²) in [5.74, 6) is -0.179. The predicted molar refractivity (Wildman–Crippen MR) is 123 cm³/mol. The van der Waals surface area contributed by atoms with Gasteiger partial charge in [0, 0.05) is 56.9 Å². The van der Waals surface area contributed by atoms with Gasteiger partial charge in [-0.15, -0.1) is 0 Å². The summed E-state index contributed by atoms with van der Waals surface area (Å²) < 4.78 is 5.30. The van der Waals surface area contributed by atoms with Gasteiger partial charge < -0.3 is 14.5 Å². The number of ether oxygens (including phenoxy) is 1. The molecule has 32 heavy (non-hydrogen) atoms. The number of rotatable bonds is 5. The summed E-state index contributed by atoms with van der Waals surface area (Å²) in [4.78, 5) is 30.5. The highest BCUT2D eigenvalue weighted by Crippen LogP contribution is 2.31. The van der Waals surface area contributed by atoms with Gasteiger partial charge in [0.1, 0.15) is 5.69 Å². The molecule has 8 heteroatoms. The number of carbonyl (C=O) groups is 1. The fourth-order valence-corrected chi connectivity index (χ4v) is 4.42. The summed E-state index contributed by atoms with van der Waals surface area (Å²) in [6.45, 7) is 7.36. The van der Waals surface area contributed by atoms with Gasteiger partial charge in [0.2, 0.25) is 0 Å². The number of anilines is 1. The summed E-state index contributed by atoms with van der Waals surface area (Å²) >= 11 is 0. The minimum Gasteiger partial charge on any atom is -0.378 e. The minimum atomic E-state index is -0.374. The lowest BCUT2D eigenvalue weighted by Gasteiger charge is -2.27. The number of hydrogen-bond donors (Lipinski definition) is 0. The van der Waals surface area contributed by atoms with E-state index in [2.05, 4.69) is 28.9 Å². The largest absolute Gasteiger partial charge is 0.378 e. The van der Waals surface area contributed by atoms with Crippen LogP contribution < -0.4 is 4.90 Å². The Morgan fingerprint density at radius 3 is 2.53 bits per heavy atom. The Morgan fingerprint density at radius 2 is 1.81 bits per heavy atom. The molecule has 1 unspecified atom stereocenters. The van der Waals surface area contributed by atoms with E-state index in [0.717, 1.165) is 26.1 Å². The molecule has 2 heterocycles. The van der Waals surface area contributed by atoms with Crippen molar-refractivity contribution >= 4 is 17.3 Å². The van der Waals surface area contributed by atoms with Gasteiger partial charge >= 0.3 is 0 Å². The topological polar surface area (TPSA) is 79.2 Å². The molecular weight excluding hydrogens is 408 g/mol. The Balaban J connectivity index is 1.51. The van der Waals surface area contributed by atoms with E-state index in [0.29, 0.717) is 50.1 Å². The fraction of sp³-hybridized carbons (Fsp3) is 0.458. The number of hydrogen-bond acceptors (Lipinski definition) is 6. The van der Waals surface area contributed by atoms with Crippen molar-refractivity contribution < 1.29 is 14.5 Å². The molecule has 2 saturated heterocycles. The van der Waals surface area contributed by atoms with Crippen molar-refractivity contribution in [2.24, 2.45) is 0 Å². The van der Waals surface area contributed by atoms with Gasteiger partial charge in [-0.3, -0.25) is 19.8 Å². The summed E-state index contributed by atoms with van der Waals surface area (Å²) in [5, 5.41) is 11.9. The van der Waals surface area contributed by atoms with Crippen LogP contribution in [-0.2, 0) is 11.3 Å². The summed E-state index contributed by atoms with van der Waals surface area (Å²) in [6.07, 6.45) is 0.915. The molecule has 1 amide bonds. The molecule has 0 aromatic heterocycles. The quantitative estimate of drug-likeness (QED) is 0.527. The molecule has 8 nitrogen and oxygen atoms in total. The van der Waals surface area contributed by atoms with Gasteiger partial charge in [0.05, 0.1) is 18.1 Å². The van der Waals surface area contributed by atoms with Crippen LogP contribution in [0.3, 0.4) is 0 Å². The maximum atomic E-state index is 12.8. The van der Waals surface area contributed by atoms with Crippen LogP contribution in [0.15, 0.2) is 48.5 Å². The van der Waals surface area contributed by atoms with Crippen molar-refractivity contribution in [3.63, 3.8) is 0 Å². The lowest BCUT2D eigenvalue weighted by Crippen LogP contribution is -2.40. The maximum absolute atomic E-state index is 12.8. The first-order valence-electron chi connectivity index (χ1n) is 11.2. The molecule has 2 aliphatic heterocycles. The number of nitro groups is 1. The second kappa shape index (κ2) is 10.1. The highest BCUT2D eigenvalue weighted by atomic mass is 16.6. The van der Waals surface area contributed by atoms with Crippen molar-refractivity contribution in [1.82, 2.24) is 9.80 Å². The first kappa shape index (κ1) is 22.2. The van der Waals surface area contributed by atoms with E-state index in [4.69, 9.17) is 4.74 Å². The maximum Gasteiger partial charge on any atom is 0.293 e. The van der Waals surface area contributed by atoms with Gasteiger partial charge in [-0.1, -0.05) is 30.3 Å². The molecule has 0 bridgehead atoms. The van der Waals surface area contributed by atoms with Gasteiger partial charge in [-0.25, -0.2) is 0 Å². The van der Waals surface area contributed by atoms with Crippen molar-refractivity contribution in [3.8, 4) is 0 Å². The van der Waals surface area contributed by atoms with Crippen molar-refractivity contribution in [1.29, 1.82) is 0 Å². The Hall–Kier alpha value is -2.97. The molecule has 2 fully saturated rings. The molecular formula is C24H30N4O4. The van der Waals surface area contributed by atoms with Gasteiger partial charge in [0.15, 0.2) is 0 Å². The van der Waals surface area contributed by atoms with E-state index in [1.807, 2.05) is 18.2 Å². The van der Waals surface area contributed by atoms with E-state index >= 15 is 0 Å². The van der Waals surface area contributed by atoms with Crippen LogP contribution in [0.5, 0.6) is 0 Å². The number of carbonyl (C=O) groups excluding carboxylic acids is 1. The third-order valence-corrected chi connectivity index (χ3v) is 6.38. The molecule has 0 aliphatic carbocycles. The molecule has 2 aromatic rings. The molecule has 0 saturated carbocycles. The van der Waals surface area contributed by atoms with E-state index in [1.165, 1.54) is 11.6 Å². The van der Waals surface area contributed by atoms with Crippen LogP contribution in [-0.4, -0.2) is 72.6 Å². The molecule has 2 aliphatic rings. The minimum absolute atomic E-state index is 0.00623. The van der Waals surface area contributed by atoms with E-state index in [-0.39, 0.29) is 16.5 Å². The summed E-state index contributed by atoms with van der Waals surface area (Å²) in [6, 6.07) is 15.6. The van der Waals surface area contributed by atoms with Crippen molar-refractivity contribution in [2.45, 2.75) is 25.9 Å². The monoisotopic (exact) mass is 438 g/mol. The lowest BCUT2D eigenvalue weighted by molar-refractivity contribution is -0.384. The lowest BCUT2D eigenvalue weighted by atomic mass is 10.1. The number of benzene rings is 2. The standard InChI is InChI=1S/C24H30N4O4/c1-19-9-10-25(11-12-27(19)18-20-5-3-2-4-6-20)22-8-7-21(17-23(22)28(30)31)24(29)26-13-15-32-16-14-26/h2-8,17,19H,9-16,18H2,1H3. The Labute approximate surface area is 188 Å². The zero-order valence-electron chi connectivity index (χ0n) is 18.5. The Morgan fingerprint density at radius 1 is 1.06 bits per heavy atom. The van der Waals surface area contributed by atoms with Crippen LogP contribution in [0.2, 0.25) is 0 Å². The molecule has 1 atom stereocenters. The predicted octanol–water partition coefficient (Wildman–Crippen LogP) is 3.17. The number of morpholine rings is 1. The number of amides is 1. The Bertz CT molecular complexity index is 946.